The number of para-hydroxylation sites is 1. The molecule has 0 heterocycles. The highest BCUT2D eigenvalue weighted by atomic mass is 16.5. The minimum absolute atomic E-state index is 0.155. The molecule has 0 saturated carbocycles. The van der Waals surface area contributed by atoms with Crippen LogP contribution in [0.4, 0.5) is 5.69 Å². The maximum absolute atomic E-state index is 12.4. The predicted molar refractivity (Wildman–Crippen MR) is 102 cm³/mol. The number of ether oxygens (including phenoxy) is 2. The first-order valence-corrected chi connectivity index (χ1v) is 8.44. The maximum Gasteiger partial charge on any atom is 0.248 e. The van der Waals surface area contributed by atoms with Crippen LogP contribution in [0.2, 0.25) is 0 Å². The Morgan fingerprint density at radius 3 is 2.04 bits per heavy atom. The number of anilines is 1. The summed E-state index contributed by atoms with van der Waals surface area (Å²) in [6, 6.07) is 11.6. The topological polar surface area (TPSA) is 47.6 Å². The Morgan fingerprint density at radius 1 is 1.00 bits per heavy atom. The van der Waals surface area contributed by atoms with Gasteiger partial charge in [0.05, 0.1) is 14.2 Å². The van der Waals surface area contributed by atoms with Crippen LogP contribution in [0.25, 0.3) is 6.08 Å². The van der Waals surface area contributed by atoms with Crippen LogP contribution in [0, 0.1) is 0 Å². The van der Waals surface area contributed by atoms with Gasteiger partial charge in [0.2, 0.25) is 5.91 Å². The number of benzene rings is 2. The molecule has 0 aliphatic rings. The predicted octanol–water partition coefficient (Wildman–Crippen LogP) is 4.48. The highest BCUT2D eigenvalue weighted by Crippen LogP contribution is 2.24. The van der Waals surface area contributed by atoms with Gasteiger partial charge in [0.25, 0.3) is 0 Å². The second kappa shape index (κ2) is 8.92. The average molecular weight is 339 g/mol. The summed E-state index contributed by atoms with van der Waals surface area (Å²) in [6.45, 7) is 4.17. The van der Waals surface area contributed by atoms with Gasteiger partial charge in [-0.15, -0.1) is 0 Å². The summed E-state index contributed by atoms with van der Waals surface area (Å²) in [6.07, 6.45) is 5.03. The zero-order chi connectivity index (χ0) is 18.2. The van der Waals surface area contributed by atoms with Crippen LogP contribution in [-0.2, 0) is 17.6 Å². The molecule has 25 heavy (non-hydrogen) atoms. The molecule has 0 aromatic heterocycles. The Morgan fingerprint density at radius 2 is 1.56 bits per heavy atom. The molecule has 1 amide bonds. The number of nitrogens with one attached hydrogen (secondary N) is 1. The SMILES string of the molecule is CCc1cccc(CC)c1NC(=O)/C=C/c1cc(OC)cc(OC)c1. The summed E-state index contributed by atoms with van der Waals surface area (Å²) in [5.41, 5.74) is 4.05. The normalized spacial score (nSPS) is 10.7. The standard InChI is InChI=1S/C21H25NO3/c1-5-16-8-7-9-17(6-2)21(16)22-20(23)11-10-15-12-18(24-3)14-19(13-15)25-4/h7-14H,5-6H2,1-4H3,(H,22,23)/b11-10+. The van der Waals surface area contributed by atoms with Crippen molar-refractivity contribution < 1.29 is 14.3 Å². The number of aryl methyl sites for hydroxylation is 2. The Balaban J connectivity index is 2.19. The number of rotatable bonds is 7. The van der Waals surface area contributed by atoms with Gasteiger partial charge in [0.15, 0.2) is 0 Å². The zero-order valence-corrected chi connectivity index (χ0v) is 15.3. The molecule has 4 heteroatoms. The molecular formula is C21H25NO3. The lowest BCUT2D eigenvalue weighted by Crippen LogP contribution is -2.11. The fraction of sp³-hybridized carbons (Fsp3) is 0.286. The van der Waals surface area contributed by atoms with Gasteiger partial charge < -0.3 is 14.8 Å². The molecule has 132 valence electrons. The van der Waals surface area contributed by atoms with Gasteiger partial charge in [-0.05, 0) is 47.7 Å². The first kappa shape index (κ1) is 18.6. The van der Waals surface area contributed by atoms with Crippen molar-refractivity contribution in [2.24, 2.45) is 0 Å². The van der Waals surface area contributed by atoms with E-state index in [9.17, 15) is 4.79 Å². The lowest BCUT2D eigenvalue weighted by atomic mass is 10.0. The van der Waals surface area contributed by atoms with E-state index in [0.717, 1.165) is 35.2 Å². The molecule has 2 aromatic rings. The third kappa shape index (κ3) is 4.86. The van der Waals surface area contributed by atoms with Crippen molar-refractivity contribution >= 4 is 17.7 Å². The molecule has 1 N–H and O–H groups in total. The molecule has 0 fully saturated rings. The van der Waals surface area contributed by atoms with Gasteiger partial charge in [0.1, 0.15) is 11.5 Å². The van der Waals surface area contributed by atoms with Crippen LogP contribution < -0.4 is 14.8 Å². The van der Waals surface area contributed by atoms with Crippen LogP contribution in [0.3, 0.4) is 0 Å². The molecule has 0 radical (unpaired) electrons. The van der Waals surface area contributed by atoms with E-state index in [0.29, 0.717) is 11.5 Å². The number of amides is 1. The van der Waals surface area contributed by atoms with E-state index in [1.165, 1.54) is 6.08 Å². The summed E-state index contributed by atoms with van der Waals surface area (Å²) in [5.74, 6) is 1.21. The fourth-order valence-corrected chi connectivity index (χ4v) is 2.67. The van der Waals surface area contributed by atoms with Gasteiger partial charge >= 0.3 is 0 Å². The van der Waals surface area contributed by atoms with Crippen LogP contribution in [0.15, 0.2) is 42.5 Å². The van der Waals surface area contributed by atoms with E-state index >= 15 is 0 Å². The number of carbonyl (C=O) groups excluding carboxylic acids is 1. The third-order valence-corrected chi connectivity index (χ3v) is 4.05. The molecule has 0 spiro atoms. The lowest BCUT2D eigenvalue weighted by molar-refractivity contribution is -0.111. The van der Waals surface area contributed by atoms with Gasteiger partial charge in [-0.1, -0.05) is 32.0 Å². The highest BCUT2D eigenvalue weighted by molar-refractivity contribution is 6.02. The Bertz CT molecular complexity index is 721. The van der Waals surface area contributed by atoms with Crippen LogP contribution in [0.1, 0.15) is 30.5 Å². The smallest absolute Gasteiger partial charge is 0.248 e. The summed E-state index contributed by atoms with van der Waals surface area (Å²) in [4.78, 5) is 12.4. The van der Waals surface area contributed by atoms with Crippen molar-refractivity contribution in [3.8, 4) is 11.5 Å². The summed E-state index contributed by atoms with van der Waals surface area (Å²) in [5, 5.41) is 3.02. The van der Waals surface area contributed by atoms with Crippen molar-refractivity contribution in [1.29, 1.82) is 0 Å². The third-order valence-electron chi connectivity index (χ3n) is 4.05. The van der Waals surface area contributed by atoms with E-state index < -0.39 is 0 Å². The van der Waals surface area contributed by atoms with Gasteiger partial charge in [0, 0.05) is 17.8 Å². The van der Waals surface area contributed by atoms with E-state index in [1.807, 2.05) is 30.3 Å². The van der Waals surface area contributed by atoms with Crippen LogP contribution in [-0.4, -0.2) is 20.1 Å². The van der Waals surface area contributed by atoms with E-state index in [2.05, 4.69) is 19.2 Å². The minimum Gasteiger partial charge on any atom is -0.497 e. The molecule has 2 rings (SSSR count). The second-order valence-electron chi connectivity index (χ2n) is 5.63. The van der Waals surface area contributed by atoms with Crippen molar-refractivity contribution in [1.82, 2.24) is 0 Å². The maximum atomic E-state index is 12.4. The molecule has 0 bridgehead atoms. The minimum atomic E-state index is -0.155. The van der Waals surface area contributed by atoms with Gasteiger partial charge in [-0.3, -0.25) is 4.79 Å². The molecule has 0 saturated heterocycles. The van der Waals surface area contributed by atoms with E-state index in [-0.39, 0.29) is 5.91 Å². The molecule has 0 aliphatic heterocycles. The van der Waals surface area contributed by atoms with Crippen LogP contribution in [0.5, 0.6) is 11.5 Å². The van der Waals surface area contributed by atoms with Crippen molar-refractivity contribution in [3.05, 3.63) is 59.2 Å². The average Bonchev–Trinajstić information content (AvgIpc) is 2.66. The number of methoxy groups -OCH3 is 2. The Hall–Kier alpha value is -2.75. The summed E-state index contributed by atoms with van der Waals surface area (Å²) in [7, 11) is 3.20. The molecular weight excluding hydrogens is 314 g/mol. The monoisotopic (exact) mass is 339 g/mol. The molecule has 4 nitrogen and oxygen atoms in total. The fourth-order valence-electron chi connectivity index (χ4n) is 2.67. The van der Waals surface area contributed by atoms with E-state index in [1.54, 1.807) is 26.4 Å². The zero-order valence-electron chi connectivity index (χ0n) is 15.3. The number of hydrogen-bond acceptors (Lipinski definition) is 3. The Kier molecular flexibility index (Phi) is 6.63. The molecule has 2 aromatic carbocycles. The molecule has 0 unspecified atom stereocenters. The van der Waals surface area contributed by atoms with Crippen LogP contribution >= 0.6 is 0 Å². The molecule has 0 aliphatic carbocycles. The lowest BCUT2D eigenvalue weighted by Gasteiger charge is -2.13. The number of carbonyl (C=O) groups is 1. The summed E-state index contributed by atoms with van der Waals surface area (Å²) < 4.78 is 10.5. The van der Waals surface area contributed by atoms with Crippen molar-refractivity contribution in [3.63, 3.8) is 0 Å². The largest absolute Gasteiger partial charge is 0.497 e. The molecule has 0 atom stereocenters. The highest BCUT2D eigenvalue weighted by Gasteiger charge is 2.08. The van der Waals surface area contributed by atoms with E-state index in [4.69, 9.17) is 9.47 Å². The van der Waals surface area contributed by atoms with Gasteiger partial charge in [-0.2, -0.15) is 0 Å². The number of hydrogen-bond donors (Lipinski definition) is 1. The van der Waals surface area contributed by atoms with Crippen molar-refractivity contribution in [2.75, 3.05) is 19.5 Å². The Labute approximate surface area is 149 Å². The first-order valence-electron chi connectivity index (χ1n) is 8.44. The van der Waals surface area contributed by atoms with Gasteiger partial charge in [-0.25, -0.2) is 0 Å². The second-order valence-corrected chi connectivity index (χ2v) is 5.63. The quantitative estimate of drug-likeness (QED) is 0.757. The van der Waals surface area contributed by atoms with Crippen molar-refractivity contribution in [2.45, 2.75) is 26.7 Å². The first-order chi connectivity index (χ1) is 12.1. The summed E-state index contributed by atoms with van der Waals surface area (Å²) >= 11 is 0.